The van der Waals surface area contributed by atoms with Crippen LogP contribution >= 0.6 is 37.3 Å². The Morgan fingerprint density at radius 3 is 1.40 bits per heavy atom. The van der Waals surface area contributed by atoms with Crippen molar-refractivity contribution in [1.82, 2.24) is 0 Å². The molecule has 0 heterocycles. The Labute approximate surface area is 62.1 Å². The van der Waals surface area contributed by atoms with E-state index in [1.165, 1.54) is 7.05 Å². The Morgan fingerprint density at radius 2 is 1.40 bits per heavy atom. The minimum absolute atomic E-state index is 0.170. The van der Waals surface area contributed by atoms with Gasteiger partial charge in [0, 0.05) is 0 Å². The zero-order chi connectivity index (χ0) is 4.71. The summed E-state index contributed by atoms with van der Waals surface area (Å²) in [4.78, 5) is 0. The molecule has 0 aromatic carbocycles. The van der Waals surface area contributed by atoms with Gasteiger partial charge in [-0.15, -0.1) is 0 Å². The predicted molar refractivity (Wildman–Crippen MR) is 43.9 cm³/mol. The second kappa shape index (κ2) is 16.3. The van der Waals surface area contributed by atoms with E-state index in [1.54, 1.807) is 0 Å². The molecule has 0 aliphatic carbocycles. The topological polar surface area (TPSA) is 26.0 Å². The number of nitrogens with two attached hydrogens (primary N) is 1. The molecule has 0 fully saturated rings. The normalized spacial score (nSPS) is 4.80. The molecule has 0 aliphatic heterocycles. The molecule has 2 radical (unpaired) electrons. The molecule has 0 atom stereocenters. The van der Waals surface area contributed by atoms with Gasteiger partial charge in [0.15, 0.2) is 0 Å². The molecule has 0 amide bonds. The molecule has 0 aromatic heterocycles. The van der Waals surface area contributed by atoms with Gasteiger partial charge in [-0.2, -0.15) is 0 Å². The Balaban J connectivity index is 0. The maximum absolute atomic E-state index is 4.50. The molecule has 0 spiro atoms. The van der Waals surface area contributed by atoms with E-state index >= 15 is 0 Å². The first kappa shape index (κ1) is 10.3. The van der Waals surface area contributed by atoms with Crippen molar-refractivity contribution in [3.05, 3.63) is 0 Å². The SMILES string of the molecule is CN.[I][Sn][I]. The Morgan fingerprint density at radius 1 is 1.40 bits per heavy atom. The third-order valence-electron chi connectivity index (χ3n) is 0. The van der Waals surface area contributed by atoms with Crippen LogP contribution in [0.25, 0.3) is 0 Å². The Bertz CT molecular complexity index is 9.61. The minimum atomic E-state index is 0.170. The van der Waals surface area contributed by atoms with Crippen LogP contribution in [0.1, 0.15) is 0 Å². The van der Waals surface area contributed by atoms with Gasteiger partial charge >= 0.3 is 50.5 Å². The zero-order valence-electron chi connectivity index (χ0n) is 2.83. The molecule has 0 saturated heterocycles. The molecule has 5 heavy (non-hydrogen) atoms. The van der Waals surface area contributed by atoms with Crippen LogP contribution in [0.5, 0.6) is 0 Å². The monoisotopic (exact) mass is 405 g/mol. The summed E-state index contributed by atoms with van der Waals surface area (Å²) < 4.78 is 0. The van der Waals surface area contributed by atoms with Gasteiger partial charge in [0.25, 0.3) is 0 Å². The van der Waals surface area contributed by atoms with E-state index in [0.29, 0.717) is 0 Å². The molecule has 0 rings (SSSR count). The van der Waals surface area contributed by atoms with Crippen LogP contribution in [0.4, 0.5) is 0 Å². The van der Waals surface area contributed by atoms with Crippen LogP contribution in [-0.2, 0) is 0 Å². The average Bonchev–Trinajstić information content (AvgIpc) is 1.46. The zero-order valence-corrected chi connectivity index (χ0v) is 10.0. The van der Waals surface area contributed by atoms with Crippen molar-refractivity contribution in [2.75, 3.05) is 7.05 Å². The van der Waals surface area contributed by atoms with Crippen LogP contribution < -0.4 is 5.73 Å². The quantitative estimate of drug-likeness (QED) is 0.473. The van der Waals surface area contributed by atoms with Gasteiger partial charge in [0.2, 0.25) is 0 Å². The van der Waals surface area contributed by atoms with E-state index in [9.17, 15) is 0 Å². The van der Waals surface area contributed by atoms with E-state index in [4.69, 9.17) is 0 Å². The number of halogens is 2. The molecule has 2 N–H and O–H groups in total. The van der Waals surface area contributed by atoms with Crippen LogP contribution in [-0.4, -0.2) is 20.3 Å². The third kappa shape index (κ3) is 22.5. The summed E-state index contributed by atoms with van der Waals surface area (Å²) in [6, 6.07) is 0. The van der Waals surface area contributed by atoms with Gasteiger partial charge in [-0.05, 0) is 7.05 Å². The average molecular weight is 404 g/mol. The van der Waals surface area contributed by atoms with Crippen molar-refractivity contribution in [3.8, 4) is 0 Å². The van der Waals surface area contributed by atoms with Crippen LogP contribution in [0.2, 0.25) is 0 Å². The molecule has 0 aromatic rings. The molecular formula is CH5I2NSn. The fourth-order valence-corrected chi connectivity index (χ4v) is 0. The Kier molecular flexibility index (Phi) is 33.5. The van der Waals surface area contributed by atoms with Gasteiger partial charge in [-0.1, -0.05) is 0 Å². The summed E-state index contributed by atoms with van der Waals surface area (Å²) in [7, 11) is 1.50. The van der Waals surface area contributed by atoms with E-state index < -0.39 is 0 Å². The van der Waals surface area contributed by atoms with Crippen molar-refractivity contribution in [2.45, 2.75) is 0 Å². The summed E-state index contributed by atoms with van der Waals surface area (Å²) in [5.74, 6) is 0. The first-order valence-corrected chi connectivity index (χ1v) is 17.6. The van der Waals surface area contributed by atoms with Gasteiger partial charge < -0.3 is 5.73 Å². The summed E-state index contributed by atoms with van der Waals surface area (Å²) in [6.45, 7) is 0. The molecule has 32 valence electrons. The molecule has 0 aliphatic rings. The van der Waals surface area contributed by atoms with E-state index in [2.05, 4.69) is 43.0 Å². The summed E-state index contributed by atoms with van der Waals surface area (Å²) in [5, 5.41) is 0. The van der Waals surface area contributed by atoms with Crippen LogP contribution in [0.15, 0.2) is 0 Å². The van der Waals surface area contributed by atoms with Gasteiger partial charge in [-0.25, -0.2) is 0 Å². The predicted octanol–water partition coefficient (Wildman–Crippen LogP) is 0.966. The first-order chi connectivity index (χ1) is 2.41. The van der Waals surface area contributed by atoms with E-state index in [-0.39, 0.29) is 13.2 Å². The summed E-state index contributed by atoms with van der Waals surface area (Å²) in [5.41, 5.74) is 4.50. The van der Waals surface area contributed by atoms with E-state index in [1.807, 2.05) is 0 Å². The van der Waals surface area contributed by atoms with Crippen LogP contribution in [0, 0.1) is 0 Å². The van der Waals surface area contributed by atoms with Crippen molar-refractivity contribution in [2.24, 2.45) is 5.73 Å². The van der Waals surface area contributed by atoms with Gasteiger partial charge in [0.05, 0.1) is 0 Å². The number of hydrogen-bond donors (Lipinski definition) is 1. The van der Waals surface area contributed by atoms with Gasteiger partial charge in [0.1, 0.15) is 0 Å². The fraction of sp³-hybridized carbons (Fsp3) is 1.00. The molecule has 1 nitrogen and oxygen atoms in total. The first-order valence-electron chi connectivity index (χ1n) is 0.955. The summed E-state index contributed by atoms with van der Waals surface area (Å²) >= 11 is 5.06. The van der Waals surface area contributed by atoms with Crippen molar-refractivity contribution in [3.63, 3.8) is 0 Å². The number of rotatable bonds is 0. The Hall–Kier alpha value is 2.22. The summed E-state index contributed by atoms with van der Waals surface area (Å²) in [6.07, 6.45) is 0. The molecule has 0 saturated carbocycles. The van der Waals surface area contributed by atoms with Crippen LogP contribution in [0.3, 0.4) is 0 Å². The van der Waals surface area contributed by atoms with E-state index in [0.717, 1.165) is 0 Å². The van der Waals surface area contributed by atoms with Gasteiger partial charge in [-0.3, -0.25) is 0 Å². The third-order valence-corrected chi connectivity index (χ3v) is 0. The maximum atomic E-state index is 4.50. The van der Waals surface area contributed by atoms with Crippen molar-refractivity contribution >= 4 is 50.5 Å². The molecule has 0 bridgehead atoms. The second-order valence-corrected chi connectivity index (χ2v) is 21.6. The molecular weight excluding hydrogens is 399 g/mol. The molecule has 0 unspecified atom stereocenters. The molecule has 4 heteroatoms. The second-order valence-electron chi connectivity index (χ2n) is 0.0714. The standard InChI is InChI=1S/CH5N.2HI.Sn/c1-2;;;/h2H2,1H3;2*1H;/q;;;+2/p-2. The van der Waals surface area contributed by atoms with Crippen molar-refractivity contribution < 1.29 is 0 Å². The fourth-order valence-electron chi connectivity index (χ4n) is 0. The van der Waals surface area contributed by atoms with Crippen molar-refractivity contribution in [1.29, 1.82) is 0 Å². The number of hydrogen-bond acceptors (Lipinski definition) is 1.